The topological polar surface area (TPSA) is 12.4 Å². The van der Waals surface area contributed by atoms with Crippen LogP contribution in [0.5, 0.6) is 0 Å². The van der Waals surface area contributed by atoms with Crippen molar-refractivity contribution in [2.75, 3.05) is 6.54 Å². The van der Waals surface area contributed by atoms with Crippen molar-refractivity contribution in [3.63, 3.8) is 0 Å². The Hall–Kier alpha value is -2.15. The highest BCUT2D eigenvalue weighted by atomic mass is 14.7. The fourth-order valence-electron chi connectivity index (χ4n) is 10.3. The third kappa shape index (κ3) is 5.05. The van der Waals surface area contributed by atoms with Crippen LogP contribution in [0.4, 0.5) is 0 Å². The Bertz CT molecular complexity index is 1210. The number of hydrogen-bond acceptors (Lipinski definition) is 1. The van der Waals surface area contributed by atoms with Crippen molar-refractivity contribution in [2.24, 2.45) is 57.8 Å². The first-order valence-corrected chi connectivity index (χ1v) is 16.9. The van der Waals surface area contributed by atoms with Crippen molar-refractivity contribution in [3.05, 3.63) is 83.1 Å². The molecule has 0 aromatic rings. The number of fused-ring (bicyclic) bond motifs is 3. The average molecular weight is 534 g/mol. The summed E-state index contributed by atoms with van der Waals surface area (Å²) in [7, 11) is 0. The number of aliphatic imine (C=N–C) groups is 1. The van der Waals surface area contributed by atoms with Crippen LogP contribution in [0, 0.1) is 52.8 Å². The quantitative estimate of drug-likeness (QED) is 0.246. The van der Waals surface area contributed by atoms with Gasteiger partial charge in [0.2, 0.25) is 0 Å². The third-order valence-electron chi connectivity index (χ3n) is 12.2. The smallest absolute Gasteiger partial charge is 0.0599 e. The summed E-state index contributed by atoms with van der Waals surface area (Å²) in [6.45, 7) is 6.07. The molecule has 0 spiro atoms. The first-order valence-electron chi connectivity index (χ1n) is 16.9. The predicted molar refractivity (Wildman–Crippen MR) is 170 cm³/mol. The summed E-state index contributed by atoms with van der Waals surface area (Å²) in [6, 6.07) is 0. The molecule has 0 bridgehead atoms. The van der Waals surface area contributed by atoms with Gasteiger partial charge in [0.15, 0.2) is 0 Å². The zero-order valence-corrected chi connectivity index (χ0v) is 25.1. The largest absolute Gasteiger partial charge is 0.289 e. The fraction of sp³-hybridized carbons (Fsp3) is 0.615. The van der Waals surface area contributed by atoms with E-state index >= 15 is 0 Å². The van der Waals surface area contributed by atoms with Crippen LogP contribution >= 0.6 is 0 Å². The van der Waals surface area contributed by atoms with Gasteiger partial charge in [-0.3, -0.25) is 4.99 Å². The molecule has 40 heavy (non-hydrogen) atoms. The average Bonchev–Trinajstić information content (AvgIpc) is 3.24. The van der Waals surface area contributed by atoms with Crippen LogP contribution in [0.1, 0.15) is 90.9 Å². The molecule has 8 atom stereocenters. The Labute approximate surface area is 244 Å². The molecule has 8 unspecified atom stereocenters. The molecule has 0 N–H and O–H groups in total. The van der Waals surface area contributed by atoms with E-state index in [2.05, 4.69) is 80.8 Å². The molecule has 0 aliphatic heterocycles. The van der Waals surface area contributed by atoms with E-state index < -0.39 is 0 Å². The van der Waals surface area contributed by atoms with Crippen molar-refractivity contribution in [2.45, 2.75) is 90.9 Å². The van der Waals surface area contributed by atoms with E-state index in [0.717, 1.165) is 36.1 Å². The van der Waals surface area contributed by atoms with Gasteiger partial charge in [0, 0.05) is 6.21 Å². The van der Waals surface area contributed by atoms with Crippen LogP contribution in [0.15, 0.2) is 88.0 Å². The van der Waals surface area contributed by atoms with Crippen molar-refractivity contribution >= 4 is 6.21 Å². The summed E-state index contributed by atoms with van der Waals surface area (Å²) in [5.74, 6) is 5.93. The van der Waals surface area contributed by atoms with E-state index in [0.29, 0.717) is 23.2 Å². The maximum Gasteiger partial charge on any atom is 0.0599 e. The van der Waals surface area contributed by atoms with Gasteiger partial charge in [-0.05, 0) is 141 Å². The molecule has 0 aromatic heterocycles. The summed E-state index contributed by atoms with van der Waals surface area (Å²) >= 11 is 0. The number of allylic oxidation sites excluding steroid dienone is 13. The van der Waals surface area contributed by atoms with Crippen LogP contribution < -0.4 is 0 Å². The Morgan fingerprint density at radius 2 is 1.75 bits per heavy atom. The zero-order valence-electron chi connectivity index (χ0n) is 25.1. The summed E-state index contributed by atoms with van der Waals surface area (Å²) in [6.07, 6.45) is 43.0. The fourth-order valence-corrected chi connectivity index (χ4v) is 10.3. The van der Waals surface area contributed by atoms with Gasteiger partial charge in [-0.15, -0.1) is 0 Å². The molecular formula is C39H51N. The summed E-state index contributed by atoms with van der Waals surface area (Å²) in [4.78, 5) is 5.13. The molecule has 7 aliphatic carbocycles. The van der Waals surface area contributed by atoms with Gasteiger partial charge >= 0.3 is 0 Å². The second-order valence-corrected chi connectivity index (χ2v) is 14.8. The van der Waals surface area contributed by atoms with E-state index in [1.807, 2.05) is 0 Å². The maximum atomic E-state index is 5.13. The normalized spacial score (nSPS) is 40.0. The molecule has 0 amide bonds. The molecule has 7 aliphatic rings. The first kappa shape index (κ1) is 26.7. The van der Waals surface area contributed by atoms with Crippen LogP contribution in [-0.2, 0) is 0 Å². The molecule has 0 heterocycles. The lowest BCUT2D eigenvalue weighted by Gasteiger charge is -2.45. The summed E-state index contributed by atoms with van der Waals surface area (Å²) in [5.41, 5.74) is 6.90. The van der Waals surface area contributed by atoms with Crippen LogP contribution in [0.2, 0.25) is 0 Å². The van der Waals surface area contributed by atoms with Gasteiger partial charge in [-0.25, -0.2) is 0 Å². The van der Waals surface area contributed by atoms with Crippen LogP contribution in [0.3, 0.4) is 0 Å². The van der Waals surface area contributed by atoms with Crippen molar-refractivity contribution in [1.82, 2.24) is 0 Å². The Kier molecular flexibility index (Phi) is 7.53. The van der Waals surface area contributed by atoms with Gasteiger partial charge in [-0.1, -0.05) is 85.8 Å². The highest BCUT2D eigenvalue weighted by molar-refractivity contribution is 5.79. The minimum Gasteiger partial charge on any atom is -0.289 e. The lowest BCUT2D eigenvalue weighted by atomic mass is 9.59. The van der Waals surface area contributed by atoms with E-state index in [1.54, 1.807) is 16.7 Å². The Morgan fingerprint density at radius 1 is 0.850 bits per heavy atom. The monoisotopic (exact) mass is 533 g/mol. The van der Waals surface area contributed by atoms with E-state index in [1.165, 1.54) is 82.6 Å². The molecule has 0 aromatic carbocycles. The second-order valence-electron chi connectivity index (χ2n) is 14.8. The Balaban J connectivity index is 1.13. The lowest BCUT2D eigenvalue weighted by Crippen LogP contribution is -2.39. The number of nitrogens with zero attached hydrogens (tertiary/aromatic N) is 1. The lowest BCUT2D eigenvalue weighted by molar-refractivity contribution is 0.115. The van der Waals surface area contributed by atoms with E-state index in [9.17, 15) is 0 Å². The second kappa shape index (κ2) is 11.3. The van der Waals surface area contributed by atoms with Gasteiger partial charge in [0.25, 0.3) is 0 Å². The standard InChI is InChI=1S/C39H51N/c1-39(2)37-18-9-8-15-35(37)36-17-10-16-34(38(36)39)33-23-28(22-32(24-33)29-11-4-3-5-12-29)26-40-25-27-19-20-30-13-6-7-14-31(30)21-27/h3-4,7-8,10,14-16,21,23,26,29-34,36,38H,5-6,9,11-13,17-20,22,24-25H2,1-2H3/b40-26+. The highest BCUT2D eigenvalue weighted by Gasteiger charge is 2.52. The van der Waals surface area contributed by atoms with Crippen molar-refractivity contribution in [1.29, 1.82) is 0 Å². The van der Waals surface area contributed by atoms with Crippen molar-refractivity contribution in [3.8, 4) is 0 Å². The molecule has 1 nitrogen and oxygen atoms in total. The summed E-state index contributed by atoms with van der Waals surface area (Å²) in [5, 5.41) is 0. The predicted octanol–water partition coefficient (Wildman–Crippen LogP) is 10.2. The molecule has 0 radical (unpaired) electrons. The van der Waals surface area contributed by atoms with Crippen molar-refractivity contribution < 1.29 is 0 Å². The number of rotatable bonds is 5. The molecule has 212 valence electrons. The minimum atomic E-state index is 0.307. The van der Waals surface area contributed by atoms with Gasteiger partial charge in [-0.2, -0.15) is 0 Å². The maximum absolute atomic E-state index is 5.13. The zero-order chi connectivity index (χ0) is 27.1. The SMILES string of the molecule is CC1(C)C2=C(C=CCC2)C2CC=CC(C3C=C(/C=N/CC4=CC5C=CCCC5CC4)CC(C4CC=CCC4)C3)C21. The number of hydrogen-bond donors (Lipinski definition) is 0. The van der Waals surface area contributed by atoms with E-state index in [4.69, 9.17) is 4.99 Å². The first-order chi connectivity index (χ1) is 19.6. The third-order valence-corrected chi connectivity index (χ3v) is 12.2. The van der Waals surface area contributed by atoms with Gasteiger partial charge in [0.1, 0.15) is 0 Å². The molecular weight excluding hydrogens is 482 g/mol. The molecule has 0 saturated carbocycles. The van der Waals surface area contributed by atoms with Crippen LogP contribution in [0.25, 0.3) is 0 Å². The molecule has 0 saturated heterocycles. The van der Waals surface area contributed by atoms with E-state index in [-0.39, 0.29) is 0 Å². The van der Waals surface area contributed by atoms with Gasteiger partial charge < -0.3 is 0 Å². The molecule has 1 heteroatoms. The Morgan fingerprint density at radius 3 is 2.65 bits per heavy atom. The molecule has 7 rings (SSSR count). The van der Waals surface area contributed by atoms with Gasteiger partial charge in [0.05, 0.1) is 6.54 Å². The summed E-state index contributed by atoms with van der Waals surface area (Å²) < 4.78 is 0. The van der Waals surface area contributed by atoms with Crippen LogP contribution in [-0.4, -0.2) is 12.8 Å². The minimum absolute atomic E-state index is 0.307. The molecule has 0 fully saturated rings. The highest BCUT2D eigenvalue weighted by Crippen LogP contribution is 2.61.